The molecular formula is C18H18N2OS2. The lowest BCUT2D eigenvalue weighted by molar-refractivity contribution is -0.118. The summed E-state index contributed by atoms with van der Waals surface area (Å²) in [6.07, 6.45) is 1.34. The number of para-hydroxylation sites is 1. The number of nitrogens with zero attached hydrogens (tertiary/aromatic N) is 2. The number of carbonyl (C=O) groups is 1. The van der Waals surface area contributed by atoms with Gasteiger partial charge in [-0.25, -0.2) is 0 Å². The van der Waals surface area contributed by atoms with Crippen molar-refractivity contribution in [3.63, 3.8) is 0 Å². The van der Waals surface area contributed by atoms with Crippen molar-refractivity contribution in [2.45, 2.75) is 17.7 Å². The summed E-state index contributed by atoms with van der Waals surface area (Å²) in [4.78, 5) is 18.4. The van der Waals surface area contributed by atoms with E-state index in [0.717, 1.165) is 27.2 Å². The average molecular weight is 342 g/mol. The highest BCUT2D eigenvalue weighted by molar-refractivity contribution is 7.99. The molecule has 0 radical (unpaired) electrons. The fourth-order valence-corrected chi connectivity index (χ4v) is 4.19. The number of thiazole rings is 1. The number of aryl methyl sites for hydroxylation is 1. The van der Waals surface area contributed by atoms with Crippen molar-refractivity contribution in [1.82, 2.24) is 4.57 Å². The van der Waals surface area contributed by atoms with Gasteiger partial charge in [0.05, 0.1) is 10.2 Å². The minimum absolute atomic E-state index is 0.0409. The zero-order valence-corrected chi connectivity index (χ0v) is 14.6. The van der Waals surface area contributed by atoms with E-state index in [1.54, 1.807) is 23.1 Å². The monoisotopic (exact) mass is 342 g/mol. The van der Waals surface area contributed by atoms with Crippen LogP contribution in [0.5, 0.6) is 0 Å². The molecule has 1 heterocycles. The third-order valence-electron chi connectivity index (χ3n) is 3.48. The standard InChI is InChI=1S/C18H18N2OS2/c1-20-15-10-5-6-11-16(15)23-18(20)19-17(21)12-7-13-22-14-8-3-2-4-9-14/h2-6,8-11H,7,12-13H2,1H3. The largest absolute Gasteiger partial charge is 0.319 e. The van der Waals surface area contributed by atoms with Gasteiger partial charge in [-0.05, 0) is 36.4 Å². The number of carbonyl (C=O) groups excluding carboxylic acids is 1. The molecule has 0 unspecified atom stereocenters. The number of amides is 1. The molecule has 118 valence electrons. The molecule has 3 nitrogen and oxygen atoms in total. The maximum absolute atomic E-state index is 12.1. The number of fused-ring (bicyclic) bond motifs is 1. The molecule has 0 aliphatic heterocycles. The molecule has 0 aliphatic rings. The Morgan fingerprint density at radius 2 is 1.87 bits per heavy atom. The highest BCUT2D eigenvalue weighted by Crippen LogP contribution is 2.18. The molecule has 5 heteroatoms. The van der Waals surface area contributed by atoms with Crippen LogP contribution in [-0.4, -0.2) is 16.2 Å². The van der Waals surface area contributed by atoms with Crippen molar-refractivity contribution in [2.24, 2.45) is 12.0 Å². The molecular weight excluding hydrogens is 324 g/mol. The van der Waals surface area contributed by atoms with Crippen LogP contribution in [0.2, 0.25) is 0 Å². The highest BCUT2D eigenvalue weighted by Gasteiger charge is 2.04. The maximum atomic E-state index is 12.1. The number of hydrogen-bond acceptors (Lipinski definition) is 3. The SMILES string of the molecule is Cn1c(=NC(=O)CCCSc2ccccc2)sc2ccccc21. The van der Waals surface area contributed by atoms with Crippen LogP contribution in [0.25, 0.3) is 10.2 Å². The van der Waals surface area contributed by atoms with Crippen molar-refractivity contribution in [3.8, 4) is 0 Å². The molecule has 0 fully saturated rings. The Hall–Kier alpha value is -1.85. The van der Waals surface area contributed by atoms with E-state index in [9.17, 15) is 4.79 Å². The summed E-state index contributed by atoms with van der Waals surface area (Å²) in [5, 5.41) is 0. The molecule has 3 rings (SSSR count). The quantitative estimate of drug-likeness (QED) is 0.513. The Balaban J connectivity index is 1.59. The van der Waals surface area contributed by atoms with Crippen molar-refractivity contribution >= 4 is 39.2 Å². The van der Waals surface area contributed by atoms with Crippen molar-refractivity contribution in [2.75, 3.05) is 5.75 Å². The van der Waals surface area contributed by atoms with Crippen LogP contribution in [-0.2, 0) is 11.8 Å². The second kappa shape index (κ2) is 7.62. The minimum Gasteiger partial charge on any atom is -0.319 e. The van der Waals surface area contributed by atoms with E-state index in [0.29, 0.717) is 6.42 Å². The van der Waals surface area contributed by atoms with Crippen LogP contribution in [0.1, 0.15) is 12.8 Å². The van der Waals surface area contributed by atoms with Gasteiger partial charge in [0, 0.05) is 18.4 Å². The topological polar surface area (TPSA) is 34.4 Å². The van der Waals surface area contributed by atoms with Gasteiger partial charge in [-0.2, -0.15) is 4.99 Å². The molecule has 0 saturated heterocycles. The summed E-state index contributed by atoms with van der Waals surface area (Å²) in [5.74, 6) is 0.893. The van der Waals surface area contributed by atoms with Crippen LogP contribution < -0.4 is 4.80 Å². The van der Waals surface area contributed by atoms with E-state index in [-0.39, 0.29) is 5.91 Å². The fourth-order valence-electron chi connectivity index (χ4n) is 2.28. The Morgan fingerprint density at radius 1 is 1.13 bits per heavy atom. The molecule has 3 aromatic rings. The summed E-state index contributed by atoms with van der Waals surface area (Å²) >= 11 is 3.34. The van der Waals surface area contributed by atoms with Gasteiger partial charge in [0.1, 0.15) is 0 Å². The van der Waals surface area contributed by atoms with Gasteiger partial charge in [0.15, 0.2) is 4.80 Å². The van der Waals surface area contributed by atoms with Crippen LogP contribution in [0.15, 0.2) is 64.5 Å². The molecule has 0 N–H and O–H groups in total. The van der Waals surface area contributed by atoms with Gasteiger partial charge in [-0.1, -0.05) is 41.7 Å². The molecule has 0 aliphatic carbocycles. The van der Waals surface area contributed by atoms with E-state index in [1.165, 1.54) is 4.90 Å². The third kappa shape index (κ3) is 4.12. The Kier molecular flexibility index (Phi) is 5.31. The number of benzene rings is 2. The van der Waals surface area contributed by atoms with Crippen molar-refractivity contribution in [1.29, 1.82) is 0 Å². The van der Waals surface area contributed by atoms with Gasteiger partial charge in [-0.15, -0.1) is 11.8 Å². The van der Waals surface area contributed by atoms with Crippen molar-refractivity contribution < 1.29 is 4.79 Å². The van der Waals surface area contributed by atoms with E-state index in [4.69, 9.17) is 0 Å². The molecule has 0 atom stereocenters. The normalized spacial score (nSPS) is 12.0. The van der Waals surface area contributed by atoms with Gasteiger partial charge in [0.2, 0.25) is 5.91 Å². The molecule has 0 bridgehead atoms. The molecule has 1 amide bonds. The van der Waals surface area contributed by atoms with E-state index in [2.05, 4.69) is 23.2 Å². The number of aromatic nitrogens is 1. The van der Waals surface area contributed by atoms with Crippen molar-refractivity contribution in [3.05, 3.63) is 59.4 Å². The Bertz CT molecular complexity index is 865. The summed E-state index contributed by atoms with van der Waals surface area (Å²) in [7, 11) is 1.95. The Morgan fingerprint density at radius 3 is 2.65 bits per heavy atom. The predicted octanol–water partition coefficient (Wildman–Crippen LogP) is 4.24. The van der Waals surface area contributed by atoms with E-state index >= 15 is 0 Å². The first kappa shape index (κ1) is 16.0. The molecule has 0 saturated carbocycles. The predicted molar refractivity (Wildman–Crippen MR) is 97.8 cm³/mol. The Labute approximate surface area is 143 Å². The molecule has 0 spiro atoms. The smallest absolute Gasteiger partial charge is 0.248 e. The summed E-state index contributed by atoms with van der Waals surface area (Å²) < 4.78 is 3.14. The highest BCUT2D eigenvalue weighted by atomic mass is 32.2. The van der Waals surface area contributed by atoms with Crippen LogP contribution >= 0.6 is 23.1 Å². The lowest BCUT2D eigenvalue weighted by Gasteiger charge is -1.99. The van der Waals surface area contributed by atoms with Crippen LogP contribution in [0.3, 0.4) is 0 Å². The van der Waals surface area contributed by atoms with E-state index in [1.807, 2.05) is 48.0 Å². The van der Waals surface area contributed by atoms with Gasteiger partial charge >= 0.3 is 0 Å². The first-order chi connectivity index (χ1) is 11.2. The van der Waals surface area contributed by atoms with Gasteiger partial charge in [-0.3, -0.25) is 4.79 Å². The van der Waals surface area contributed by atoms with Gasteiger partial charge in [0.25, 0.3) is 0 Å². The maximum Gasteiger partial charge on any atom is 0.248 e. The fraction of sp³-hybridized carbons (Fsp3) is 0.222. The van der Waals surface area contributed by atoms with Crippen LogP contribution in [0.4, 0.5) is 0 Å². The first-order valence-electron chi connectivity index (χ1n) is 7.54. The third-order valence-corrected chi connectivity index (χ3v) is 5.69. The second-order valence-electron chi connectivity index (χ2n) is 5.18. The molecule has 1 aromatic heterocycles. The number of thioether (sulfide) groups is 1. The lowest BCUT2D eigenvalue weighted by Crippen LogP contribution is -2.13. The number of rotatable bonds is 5. The summed E-state index contributed by atoms with van der Waals surface area (Å²) in [6, 6.07) is 18.4. The molecule has 2 aromatic carbocycles. The average Bonchev–Trinajstić information content (AvgIpc) is 2.89. The summed E-state index contributed by atoms with van der Waals surface area (Å²) in [6.45, 7) is 0. The molecule has 23 heavy (non-hydrogen) atoms. The zero-order valence-electron chi connectivity index (χ0n) is 12.9. The second-order valence-corrected chi connectivity index (χ2v) is 7.36. The lowest BCUT2D eigenvalue weighted by atomic mass is 10.3. The first-order valence-corrected chi connectivity index (χ1v) is 9.34. The van der Waals surface area contributed by atoms with Crippen LogP contribution in [0, 0.1) is 0 Å². The summed E-state index contributed by atoms with van der Waals surface area (Å²) in [5.41, 5.74) is 1.11. The van der Waals surface area contributed by atoms with E-state index < -0.39 is 0 Å². The van der Waals surface area contributed by atoms with Gasteiger partial charge < -0.3 is 4.57 Å². The zero-order chi connectivity index (χ0) is 16.1. The number of hydrogen-bond donors (Lipinski definition) is 0. The minimum atomic E-state index is -0.0409.